The highest BCUT2D eigenvalue weighted by atomic mass is 32.1. The van der Waals surface area contributed by atoms with Crippen molar-refractivity contribution in [1.82, 2.24) is 14.9 Å². The van der Waals surface area contributed by atoms with E-state index in [0.717, 1.165) is 17.1 Å². The summed E-state index contributed by atoms with van der Waals surface area (Å²) < 4.78 is 17.8. The topological polar surface area (TPSA) is 75.2 Å². The van der Waals surface area contributed by atoms with E-state index in [1.165, 1.54) is 28.5 Å². The van der Waals surface area contributed by atoms with Crippen LogP contribution in [0, 0.1) is 12.7 Å². The first-order chi connectivity index (χ1) is 14.2. The molecule has 2 aromatic carbocycles. The molecule has 0 aliphatic rings. The maximum atomic E-state index is 14.1. The molecule has 156 valence electrons. The summed E-state index contributed by atoms with van der Waals surface area (Å²) in [6.07, 6.45) is 0. The number of halogens is 1. The Bertz CT molecular complexity index is 1030. The van der Waals surface area contributed by atoms with Crippen LogP contribution in [-0.2, 0) is 4.79 Å². The molecule has 0 spiro atoms. The van der Waals surface area contributed by atoms with Gasteiger partial charge in [0.05, 0.1) is 0 Å². The van der Waals surface area contributed by atoms with E-state index in [9.17, 15) is 14.0 Å². The molecule has 3 rings (SSSR count). The van der Waals surface area contributed by atoms with Gasteiger partial charge in [0.25, 0.3) is 5.91 Å². The summed E-state index contributed by atoms with van der Waals surface area (Å²) in [5.74, 6) is -1.43. The molecular formula is C22H23FN4O2S. The maximum absolute atomic E-state index is 14.1. The molecule has 0 bridgehead atoms. The van der Waals surface area contributed by atoms with E-state index in [0.29, 0.717) is 5.56 Å². The van der Waals surface area contributed by atoms with E-state index in [1.54, 1.807) is 18.2 Å². The Hall–Kier alpha value is -3.13. The van der Waals surface area contributed by atoms with Gasteiger partial charge in [-0.15, -0.1) is 5.10 Å². The lowest BCUT2D eigenvalue weighted by Crippen LogP contribution is -2.49. The Morgan fingerprint density at radius 2 is 1.83 bits per heavy atom. The quantitative estimate of drug-likeness (QED) is 0.660. The van der Waals surface area contributed by atoms with Crippen molar-refractivity contribution < 1.29 is 14.0 Å². The average molecular weight is 427 g/mol. The standard InChI is InChI=1S/C22H23FN4O2S/c1-14-8-10-15(11-9-14)19(20(28)24-22(2,3)4)27(17-7-5-6-16(23)12-17)21(29)18-13-30-26-25-18/h5-13,19H,1-4H3,(H,24,28)/t19-/m1/s1. The number of benzene rings is 2. The second kappa shape index (κ2) is 8.71. The number of hydrogen-bond donors (Lipinski definition) is 1. The highest BCUT2D eigenvalue weighted by Gasteiger charge is 2.35. The zero-order valence-corrected chi connectivity index (χ0v) is 18.0. The van der Waals surface area contributed by atoms with Crippen LogP contribution in [0.5, 0.6) is 0 Å². The number of rotatable bonds is 5. The van der Waals surface area contributed by atoms with Crippen molar-refractivity contribution in [3.8, 4) is 0 Å². The number of amides is 2. The second-order valence-electron chi connectivity index (χ2n) is 8.00. The molecule has 0 unspecified atom stereocenters. The average Bonchev–Trinajstić information content (AvgIpc) is 3.20. The van der Waals surface area contributed by atoms with Crippen molar-refractivity contribution in [2.75, 3.05) is 4.90 Å². The summed E-state index contributed by atoms with van der Waals surface area (Å²) in [5.41, 5.74) is 1.43. The van der Waals surface area contributed by atoms with E-state index in [1.807, 2.05) is 39.8 Å². The van der Waals surface area contributed by atoms with Gasteiger partial charge in [0, 0.05) is 16.6 Å². The molecule has 0 aliphatic heterocycles. The van der Waals surface area contributed by atoms with Crippen LogP contribution in [0.1, 0.15) is 48.4 Å². The molecule has 3 aromatic rings. The van der Waals surface area contributed by atoms with Crippen molar-refractivity contribution in [2.45, 2.75) is 39.3 Å². The summed E-state index contributed by atoms with van der Waals surface area (Å²) in [6, 6.07) is 11.9. The maximum Gasteiger partial charge on any atom is 0.280 e. The molecule has 2 amide bonds. The summed E-state index contributed by atoms with van der Waals surface area (Å²) in [6.45, 7) is 7.51. The van der Waals surface area contributed by atoms with Crippen LogP contribution in [0.15, 0.2) is 53.9 Å². The molecule has 6 nitrogen and oxygen atoms in total. The van der Waals surface area contributed by atoms with Gasteiger partial charge in [0.15, 0.2) is 5.69 Å². The zero-order valence-electron chi connectivity index (χ0n) is 17.2. The van der Waals surface area contributed by atoms with Crippen LogP contribution >= 0.6 is 11.5 Å². The van der Waals surface area contributed by atoms with Crippen LogP contribution in [0.4, 0.5) is 10.1 Å². The normalized spacial score (nSPS) is 12.3. The highest BCUT2D eigenvalue weighted by Crippen LogP contribution is 2.31. The van der Waals surface area contributed by atoms with Crippen molar-refractivity contribution in [3.05, 3.63) is 76.5 Å². The summed E-state index contributed by atoms with van der Waals surface area (Å²) >= 11 is 1.03. The van der Waals surface area contributed by atoms with Gasteiger partial charge in [0.1, 0.15) is 11.9 Å². The molecule has 1 atom stereocenters. The number of nitrogens with zero attached hydrogens (tertiary/aromatic N) is 3. The fraction of sp³-hybridized carbons (Fsp3) is 0.273. The molecule has 30 heavy (non-hydrogen) atoms. The largest absolute Gasteiger partial charge is 0.349 e. The van der Waals surface area contributed by atoms with E-state index < -0.39 is 23.3 Å². The second-order valence-corrected chi connectivity index (χ2v) is 8.61. The molecule has 1 N–H and O–H groups in total. The van der Waals surface area contributed by atoms with Gasteiger partial charge in [-0.25, -0.2) is 4.39 Å². The zero-order chi connectivity index (χ0) is 21.9. The lowest BCUT2D eigenvalue weighted by Gasteiger charge is -2.33. The van der Waals surface area contributed by atoms with Crippen molar-refractivity contribution >= 4 is 29.0 Å². The van der Waals surface area contributed by atoms with E-state index >= 15 is 0 Å². The van der Waals surface area contributed by atoms with E-state index in [4.69, 9.17) is 0 Å². The van der Waals surface area contributed by atoms with Crippen LogP contribution in [-0.4, -0.2) is 26.9 Å². The molecule has 0 aliphatic carbocycles. The van der Waals surface area contributed by atoms with Gasteiger partial charge in [-0.2, -0.15) is 0 Å². The van der Waals surface area contributed by atoms with Crippen molar-refractivity contribution in [2.24, 2.45) is 0 Å². The first-order valence-corrected chi connectivity index (χ1v) is 10.2. The lowest BCUT2D eigenvalue weighted by atomic mass is 9.99. The molecule has 8 heteroatoms. The fourth-order valence-electron chi connectivity index (χ4n) is 3.00. The lowest BCUT2D eigenvalue weighted by molar-refractivity contribution is -0.123. The van der Waals surface area contributed by atoms with Gasteiger partial charge in [0.2, 0.25) is 5.91 Å². The predicted octanol–water partition coefficient (Wildman–Crippen LogP) is 4.29. The summed E-state index contributed by atoms with van der Waals surface area (Å²) in [5, 5.41) is 8.30. The van der Waals surface area contributed by atoms with Gasteiger partial charge >= 0.3 is 0 Å². The molecule has 0 radical (unpaired) electrons. The van der Waals surface area contributed by atoms with E-state index in [2.05, 4.69) is 14.9 Å². The van der Waals surface area contributed by atoms with E-state index in [-0.39, 0.29) is 17.3 Å². The minimum atomic E-state index is -1.03. The highest BCUT2D eigenvalue weighted by molar-refractivity contribution is 7.03. The third-order valence-electron chi connectivity index (χ3n) is 4.28. The van der Waals surface area contributed by atoms with Crippen LogP contribution in [0.3, 0.4) is 0 Å². The third kappa shape index (κ3) is 5.07. The van der Waals surface area contributed by atoms with Crippen molar-refractivity contribution in [1.29, 1.82) is 0 Å². The molecule has 0 saturated heterocycles. The Morgan fingerprint density at radius 1 is 1.13 bits per heavy atom. The number of hydrogen-bond acceptors (Lipinski definition) is 5. The van der Waals surface area contributed by atoms with Crippen LogP contribution in [0.2, 0.25) is 0 Å². The smallest absolute Gasteiger partial charge is 0.280 e. The number of nitrogens with one attached hydrogen (secondary N) is 1. The fourth-order valence-corrected chi connectivity index (χ4v) is 3.43. The first-order valence-electron chi connectivity index (χ1n) is 9.40. The monoisotopic (exact) mass is 426 g/mol. The number of aryl methyl sites for hydroxylation is 1. The number of carbonyl (C=O) groups is 2. The Morgan fingerprint density at radius 3 is 2.40 bits per heavy atom. The Balaban J connectivity index is 2.18. The van der Waals surface area contributed by atoms with Crippen molar-refractivity contribution in [3.63, 3.8) is 0 Å². The Kier molecular flexibility index (Phi) is 6.26. The minimum absolute atomic E-state index is 0.0879. The molecular weight excluding hydrogens is 403 g/mol. The molecule has 1 aromatic heterocycles. The Labute approximate surface area is 178 Å². The molecule has 0 saturated carbocycles. The van der Waals surface area contributed by atoms with Gasteiger partial charge in [-0.3, -0.25) is 14.5 Å². The van der Waals surface area contributed by atoms with Crippen LogP contribution < -0.4 is 10.2 Å². The third-order valence-corrected chi connectivity index (χ3v) is 4.79. The SMILES string of the molecule is Cc1ccc([C@H](C(=O)NC(C)(C)C)N(C(=O)c2csnn2)c2cccc(F)c2)cc1. The number of anilines is 1. The summed E-state index contributed by atoms with van der Waals surface area (Å²) in [7, 11) is 0. The molecule has 1 heterocycles. The van der Waals surface area contributed by atoms with Gasteiger partial charge in [-0.05, 0) is 63.0 Å². The minimum Gasteiger partial charge on any atom is -0.349 e. The number of aromatic nitrogens is 2. The summed E-state index contributed by atoms with van der Waals surface area (Å²) in [4.78, 5) is 28.1. The predicted molar refractivity (Wildman–Crippen MR) is 115 cm³/mol. The molecule has 0 fully saturated rings. The van der Waals surface area contributed by atoms with Gasteiger partial charge < -0.3 is 5.32 Å². The van der Waals surface area contributed by atoms with Crippen LogP contribution in [0.25, 0.3) is 0 Å². The first kappa shape index (κ1) is 21.6. The van der Waals surface area contributed by atoms with Gasteiger partial charge in [-0.1, -0.05) is 40.4 Å². The number of carbonyl (C=O) groups excluding carboxylic acids is 2.